The minimum absolute atomic E-state index is 0.217. The average molecular weight is 382 g/mol. The van der Waals surface area contributed by atoms with Gasteiger partial charge in [0.15, 0.2) is 0 Å². The Morgan fingerprint density at radius 2 is 1.85 bits per heavy atom. The largest absolute Gasteiger partial charge is 0.469 e. The van der Waals surface area contributed by atoms with Crippen molar-refractivity contribution in [3.63, 3.8) is 0 Å². The third-order valence-corrected chi connectivity index (χ3v) is 5.68. The highest BCUT2D eigenvalue weighted by Crippen LogP contribution is 2.30. The van der Waals surface area contributed by atoms with Crippen molar-refractivity contribution >= 4 is 28.5 Å². The second kappa shape index (κ2) is 8.57. The quantitative estimate of drug-likeness (QED) is 0.404. The van der Waals surface area contributed by atoms with Crippen LogP contribution in [0, 0.1) is 12.7 Å². The first-order chi connectivity index (χ1) is 13.0. The lowest BCUT2D eigenvalue weighted by Gasteiger charge is -2.16. The number of hydrogen-bond acceptors (Lipinski definition) is 3. The molecule has 0 heterocycles. The molecular formula is C23H23FO2S. The van der Waals surface area contributed by atoms with Gasteiger partial charge in [-0.2, -0.15) is 0 Å². The first-order valence-corrected chi connectivity index (χ1v) is 9.99. The van der Waals surface area contributed by atoms with Crippen LogP contribution in [0.2, 0.25) is 0 Å². The van der Waals surface area contributed by atoms with E-state index in [9.17, 15) is 9.18 Å². The van der Waals surface area contributed by atoms with E-state index < -0.39 is 0 Å². The lowest BCUT2D eigenvalue weighted by Crippen LogP contribution is -2.08. The molecule has 0 bridgehead atoms. The molecule has 0 radical (unpaired) electrons. The maximum absolute atomic E-state index is 13.9. The molecule has 3 aromatic rings. The Morgan fingerprint density at radius 1 is 1.11 bits per heavy atom. The zero-order chi connectivity index (χ0) is 19.4. The van der Waals surface area contributed by atoms with E-state index in [2.05, 4.69) is 31.2 Å². The van der Waals surface area contributed by atoms with Gasteiger partial charge in [0.2, 0.25) is 0 Å². The molecule has 0 saturated carbocycles. The number of fused-ring (bicyclic) bond motifs is 1. The summed E-state index contributed by atoms with van der Waals surface area (Å²) in [4.78, 5) is 13.1. The van der Waals surface area contributed by atoms with Crippen molar-refractivity contribution in [1.82, 2.24) is 0 Å². The van der Waals surface area contributed by atoms with Crippen molar-refractivity contribution in [3.05, 3.63) is 76.6 Å². The third kappa shape index (κ3) is 4.51. The fraction of sp³-hybridized carbons (Fsp3) is 0.261. The summed E-state index contributed by atoms with van der Waals surface area (Å²) in [5.74, 6) is 0.516. The van der Waals surface area contributed by atoms with Gasteiger partial charge in [0, 0.05) is 4.90 Å². The highest BCUT2D eigenvalue weighted by atomic mass is 32.2. The second-order valence-corrected chi connectivity index (χ2v) is 7.85. The molecule has 3 rings (SSSR count). The molecule has 140 valence electrons. The van der Waals surface area contributed by atoms with Crippen LogP contribution in [-0.2, 0) is 22.4 Å². The Morgan fingerprint density at radius 3 is 2.52 bits per heavy atom. The Hall–Kier alpha value is -2.33. The molecule has 0 atom stereocenters. The maximum atomic E-state index is 13.9. The van der Waals surface area contributed by atoms with Crippen LogP contribution in [0.15, 0.2) is 53.4 Å². The van der Waals surface area contributed by atoms with Crippen molar-refractivity contribution < 1.29 is 13.9 Å². The van der Waals surface area contributed by atoms with Crippen molar-refractivity contribution in [2.24, 2.45) is 0 Å². The highest BCUT2D eigenvalue weighted by Gasteiger charge is 2.14. The molecule has 0 amide bonds. The first-order valence-electron chi connectivity index (χ1n) is 9.01. The van der Waals surface area contributed by atoms with Gasteiger partial charge in [0.1, 0.15) is 5.82 Å². The molecule has 0 aliphatic heterocycles. The van der Waals surface area contributed by atoms with Crippen molar-refractivity contribution in [2.75, 3.05) is 12.9 Å². The summed E-state index contributed by atoms with van der Waals surface area (Å²) in [5, 5.41) is 1.84. The predicted octanol–water partition coefficient (Wildman–Crippen LogP) is 5.71. The van der Waals surface area contributed by atoms with Crippen LogP contribution in [0.4, 0.5) is 4.39 Å². The number of halogens is 1. The van der Waals surface area contributed by atoms with E-state index in [0.29, 0.717) is 6.42 Å². The molecule has 4 heteroatoms. The monoisotopic (exact) mass is 382 g/mol. The molecule has 0 aromatic heterocycles. The van der Waals surface area contributed by atoms with Gasteiger partial charge in [-0.25, -0.2) is 4.39 Å². The molecule has 0 aliphatic carbocycles. The van der Waals surface area contributed by atoms with E-state index >= 15 is 0 Å². The van der Waals surface area contributed by atoms with Gasteiger partial charge in [-0.05, 0) is 76.4 Å². The van der Waals surface area contributed by atoms with Crippen LogP contribution in [0.5, 0.6) is 0 Å². The van der Waals surface area contributed by atoms with E-state index in [0.717, 1.165) is 33.2 Å². The van der Waals surface area contributed by atoms with E-state index in [1.807, 2.05) is 24.8 Å². The lowest BCUT2D eigenvalue weighted by atomic mass is 9.90. The SMILES string of the molecule is CCSc1ccc(Cc2c(C)c(CC(=O)OC)cc3ccc(F)cc23)cc1. The Balaban J connectivity index is 2.06. The number of benzene rings is 3. The molecule has 2 nitrogen and oxygen atoms in total. The molecule has 3 aromatic carbocycles. The summed E-state index contributed by atoms with van der Waals surface area (Å²) < 4.78 is 18.7. The summed E-state index contributed by atoms with van der Waals surface area (Å²) in [6, 6.07) is 15.3. The number of hydrogen-bond donors (Lipinski definition) is 0. The number of thioether (sulfide) groups is 1. The van der Waals surface area contributed by atoms with E-state index in [1.165, 1.54) is 23.6 Å². The van der Waals surface area contributed by atoms with Crippen molar-refractivity contribution in [2.45, 2.75) is 31.6 Å². The normalized spacial score (nSPS) is 11.0. The zero-order valence-corrected chi connectivity index (χ0v) is 16.7. The van der Waals surface area contributed by atoms with Gasteiger partial charge in [-0.15, -0.1) is 11.8 Å². The van der Waals surface area contributed by atoms with Crippen LogP contribution in [0.3, 0.4) is 0 Å². The van der Waals surface area contributed by atoms with Crippen molar-refractivity contribution in [3.8, 4) is 0 Å². The lowest BCUT2D eigenvalue weighted by molar-refractivity contribution is -0.139. The Labute approximate surface area is 163 Å². The molecule has 0 unspecified atom stereocenters. The molecule has 0 N–H and O–H groups in total. The zero-order valence-electron chi connectivity index (χ0n) is 15.8. The van der Waals surface area contributed by atoms with Gasteiger partial charge < -0.3 is 4.74 Å². The number of methoxy groups -OCH3 is 1. The number of rotatable bonds is 6. The van der Waals surface area contributed by atoms with Gasteiger partial charge in [-0.3, -0.25) is 4.79 Å². The Bertz CT molecular complexity index is 964. The number of carbonyl (C=O) groups is 1. The summed E-state index contributed by atoms with van der Waals surface area (Å²) in [7, 11) is 1.39. The minimum atomic E-state index is -0.272. The predicted molar refractivity (Wildman–Crippen MR) is 110 cm³/mol. The van der Waals surface area contributed by atoms with Crippen LogP contribution < -0.4 is 0 Å². The fourth-order valence-electron chi connectivity index (χ4n) is 3.32. The molecule has 0 fully saturated rings. The topological polar surface area (TPSA) is 26.3 Å². The van der Waals surface area contributed by atoms with Crippen LogP contribution in [-0.4, -0.2) is 18.8 Å². The molecule has 27 heavy (non-hydrogen) atoms. The molecular weight excluding hydrogens is 359 g/mol. The van der Waals surface area contributed by atoms with Gasteiger partial charge >= 0.3 is 5.97 Å². The maximum Gasteiger partial charge on any atom is 0.309 e. The summed E-state index contributed by atoms with van der Waals surface area (Å²) in [5.41, 5.74) is 4.17. The molecule has 0 spiro atoms. The number of esters is 1. The van der Waals surface area contributed by atoms with Crippen LogP contribution >= 0.6 is 11.8 Å². The minimum Gasteiger partial charge on any atom is -0.469 e. The van der Waals surface area contributed by atoms with Gasteiger partial charge in [0.05, 0.1) is 13.5 Å². The van der Waals surface area contributed by atoms with Gasteiger partial charge in [-0.1, -0.05) is 31.2 Å². The fourth-order valence-corrected chi connectivity index (χ4v) is 3.98. The van der Waals surface area contributed by atoms with E-state index in [4.69, 9.17) is 4.74 Å². The van der Waals surface area contributed by atoms with Crippen molar-refractivity contribution in [1.29, 1.82) is 0 Å². The average Bonchev–Trinajstić information content (AvgIpc) is 2.67. The molecule has 0 saturated heterocycles. The number of carbonyl (C=O) groups excluding carboxylic acids is 1. The first kappa shape index (κ1) is 19.4. The standard InChI is InChI=1S/C23H23FO2S/c1-4-27-20-9-5-16(6-10-20)11-21-15(2)18(13-23(25)26-3)12-17-7-8-19(24)14-22(17)21/h5-10,12,14H,4,11,13H2,1-3H3. The van der Waals surface area contributed by atoms with Crippen LogP contribution in [0.1, 0.15) is 29.2 Å². The Kier molecular flexibility index (Phi) is 6.17. The highest BCUT2D eigenvalue weighted by molar-refractivity contribution is 7.99. The van der Waals surface area contributed by atoms with E-state index in [1.54, 1.807) is 12.1 Å². The summed E-state index contributed by atoms with van der Waals surface area (Å²) >= 11 is 1.81. The third-order valence-electron chi connectivity index (χ3n) is 4.78. The smallest absolute Gasteiger partial charge is 0.309 e. The van der Waals surface area contributed by atoms with Gasteiger partial charge in [0.25, 0.3) is 0 Å². The summed E-state index contributed by atoms with van der Waals surface area (Å²) in [6.07, 6.45) is 0.909. The second-order valence-electron chi connectivity index (χ2n) is 6.51. The number of ether oxygens (including phenoxy) is 1. The van der Waals surface area contributed by atoms with E-state index in [-0.39, 0.29) is 18.2 Å². The van der Waals surface area contributed by atoms with Crippen LogP contribution in [0.25, 0.3) is 10.8 Å². The molecule has 0 aliphatic rings. The summed E-state index contributed by atoms with van der Waals surface area (Å²) in [6.45, 7) is 4.13.